The van der Waals surface area contributed by atoms with E-state index >= 15 is 0 Å². The molecule has 1 aromatic rings. The minimum Gasteiger partial charge on any atom is -0.293 e. The fraction of sp³-hybridized carbons (Fsp3) is 0.200. The summed E-state index contributed by atoms with van der Waals surface area (Å²) in [4.78, 5) is 21.9. The fourth-order valence-electron chi connectivity index (χ4n) is 1.11. The van der Waals surface area contributed by atoms with E-state index in [0.29, 0.717) is 11.1 Å². The summed E-state index contributed by atoms with van der Waals surface area (Å²) < 4.78 is 12.7. The predicted octanol–water partition coefficient (Wildman–Crippen LogP) is 1.41. The SMILES string of the molecule is CC(=O)NC(=O)c1ccc(F)cc1C. The van der Waals surface area contributed by atoms with Gasteiger partial charge in [0, 0.05) is 12.5 Å². The Morgan fingerprint density at radius 1 is 1.36 bits per heavy atom. The van der Waals surface area contributed by atoms with E-state index < -0.39 is 17.6 Å². The van der Waals surface area contributed by atoms with Gasteiger partial charge in [-0.1, -0.05) is 0 Å². The fourth-order valence-corrected chi connectivity index (χ4v) is 1.11. The molecule has 14 heavy (non-hydrogen) atoms. The van der Waals surface area contributed by atoms with Crippen LogP contribution < -0.4 is 5.32 Å². The van der Waals surface area contributed by atoms with Crippen molar-refractivity contribution in [1.29, 1.82) is 0 Å². The quantitative estimate of drug-likeness (QED) is 0.736. The molecule has 4 heteroatoms. The van der Waals surface area contributed by atoms with Crippen molar-refractivity contribution in [3.8, 4) is 0 Å². The van der Waals surface area contributed by atoms with Crippen molar-refractivity contribution in [3.05, 3.63) is 35.1 Å². The molecule has 0 aliphatic carbocycles. The molecule has 0 heterocycles. The van der Waals surface area contributed by atoms with Crippen LogP contribution in [-0.4, -0.2) is 11.8 Å². The zero-order valence-corrected chi connectivity index (χ0v) is 7.93. The maximum Gasteiger partial charge on any atom is 0.258 e. The van der Waals surface area contributed by atoms with Crippen molar-refractivity contribution in [1.82, 2.24) is 5.32 Å². The van der Waals surface area contributed by atoms with Crippen LogP contribution in [0.2, 0.25) is 0 Å². The Morgan fingerprint density at radius 3 is 2.50 bits per heavy atom. The molecule has 2 amide bonds. The maximum absolute atomic E-state index is 12.7. The van der Waals surface area contributed by atoms with Gasteiger partial charge in [0.15, 0.2) is 0 Å². The lowest BCUT2D eigenvalue weighted by Gasteiger charge is -2.04. The smallest absolute Gasteiger partial charge is 0.258 e. The minimum atomic E-state index is -0.505. The molecule has 1 rings (SSSR count). The summed E-state index contributed by atoms with van der Waals surface area (Å²) in [6.07, 6.45) is 0. The molecule has 3 nitrogen and oxygen atoms in total. The van der Waals surface area contributed by atoms with Crippen molar-refractivity contribution < 1.29 is 14.0 Å². The van der Waals surface area contributed by atoms with Gasteiger partial charge in [-0.25, -0.2) is 4.39 Å². The zero-order chi connectivity index (χ0) is 10.7. The summed E-state index contributed by atoms with van der Waals surface area (Å²) in [5, 5.41) is 2.12. The highest BCUT2D eigenvalue weighted by Gasteiger charge is 2.10. The van der Waals surface area contributed by atoms with Gasteiger partial charge in [0.2, 0.25) is 5.91 Å². The number of halogens is 1. The van der Waals surface area contributed by atoms with Gasteiger partial charge in [0.1, 0.15) is 5.82 Å². The van der Waals surface area contributed by atoms with E-state index in [1.807, 2.05) is 0 Å². The van der Waals surface area contributed by atoms with Gasteiger partial charge in [-0.05, 0) is 30.7 Å². The summed E-state index contributed by atoms with van der Waals surface area (Å²) in [6.45, 7) is 2.86. The Hall–Kier alpha value is -1.71. The number of imide groups is 1. The van der Waals surface area contributed by atoms with Crippen LogP contribution in [0.25, 0.3) is 0 Å². The van der Waals surface area contributed by atoms with Crippen molar-refractivity contribution >= 4 is 11.8 Å². The van der Waals surface area contributed by atoms with E-state index in [1.165, 1.54) is 25.1 Å². The van der Waals surface area contributed by atoms with Crippen LogP contribution in [0, 0.1) is 12.7 Å². The van der Waals surface area contributed by atoms with Gasteiger partial charge in [0.25, 0.3) is 5.91 Å². The molecule has 0 aliphatic heterocycles. The molecule has 0 radical (unpaired) electrons. The number of aryl methyl sites for hydroxylation is 1. The standard InChI is InChI=1S/C10H10FNO2/c1-6-5-8(11)3-4-9(6)10(14)12-7(2)13/h3-5H,1-2H3,(H,12,13,14). The number of hydrogen-bond donors (Lipinski definition) is 1. The van der Waals surface area contributed by atoms with Crippen LogP contribution >= 0.6 is 0 Å². The van der Waals surface area contributed by atoms with Crippen LogP contribution in [0.5, 0.6) is 0 Å². The molecule has 0 spiro atoms. The third kappa shape index (κ3) is 2.39. The molecule has 74 valence electrons. The second kappa shape index (κ2) is 4.00. The van der Waals surface area contributed by atoms with Gasteiger partial charge in [0.05, 0.1) is 0 Å². The molecule has 0 aliphatic rings. The maximum atomic E-state index is 12.7. The Labute approximate surface area is 80.9 Å². The Kier molecular flexibility index (Phi) is 2.96. The molecule has 0 saturated carbocycles. The Morgan fingerprint density at radius 2 is 2.00 bits per heavy atom. The number of amides is 2. The van der Waals surface area contributed by atoms with Crippen LogP contribution in [-0.2, 0) is 4.79 Å². The van der Waals surface area contributed by atoms with Crippen molar-refractivity contribution in [2.75, 3.05) is 0 Å². The largest absolute Gasteiger partial charge is 0.293 e. The van der Waals surface area contributed by atoms with E-state index in [0.717, 1.165) is 0 Å². The number of benzene rings is 1. The monoisotopic (exact) mass is 195 g/mol. The highest BCUT2D eigenvalue weighted by atomic mass is 19.1. The first-order valence-electron chi connectivity index (χ1n) is 4.09. The first kappa shape index (κ1) is 10.4. The molecule has 0 atom stereocenters. The van der Waals surface area contributed by atoms with Gasteiger partial charge in [-0.3, -0.25) is 14.9 Å². The van der Waals surface area contributed by atoms with E-state index in [-0.39, 0.29) is 0 Å². The lowest BCUT2D eigenvalue weighted by Crippen LogP contribution is -2.28. The second-order valence-corrected chi connectivity index (χ2v) is 2.97. The molecular formula is C10H10FNO2. The highest BCUT2D eigenvalue weighted by Crippen LogP contribution is 2.09. The summed E-state index contributed by atoms with van der Waals surface area (Å²) >= 11 is 0. The topological polar surface area (TPSA) is 46.2 Å². The lowest BCUT2D eigenvalue weighted by atomic mass is 10.1. The molecule has 1 N–H and O–H groups in total. The van der Waals surface area contributed by atoms with Crippen molar-refractivity contribution in [3.63, 3.8) is 0 Å². The number of carbonyl (C=O) groups is 2. The first-order chi connectivity index (χ1) is 6.50. The normalized spacial score (nSPS) is 9.64. The third-order valence-electron chi connectivity index (χ3n) is 1.72. The Bertz CT molecular complexity index is 388. The number of nitrogens with one attached hydrogen (secondary N) is 1. The first-order valence-corrected chi connectivity index (χ1v) is 4.09. The van der Waals surface area contributed by atoms with E-state index in [2.05, 4.69) is 5.32 Å². The summed E-state index contributed by atoms with van der Waals surface area (Å²) in [5.41, 5.74) is 0.811. The second-order valence-electron chi connectivity index (χ2n) is 2.97. The molecule has 0 aromatic heterocycles. The molecular weight excluding hydrogens is 185 g/mol. The number of rotatable bonds is 1. The molecule has 0 unspecified atom stereocenters. The van der Waals surface area contributed by atoms with E-state index in [1.54, 1.807) is 6.92 Å². The van der Waals surface area contributed by atoms with Gasteiger partial charge in [-0.15, -0.1) is 0 Å². The summed E-state index contributed by atoms with van der Waals surface area (Å²) in [5.74, 6) is -1.34. The van der Waals surface area contributed by atoms with Crippen LogP contribution in [0.1, 0.15) is 22.8 Å². The van der Waals surface area contributed by atoms with E-state index in [4.69, 9.17) is 0 Å². The Balaban J connectivity index is 2.96. The van der Waals surface area contributed by atoms with Crippen LogP contribution in [0.3, 0.4) is 0 Å². The third-order valence-corrected chi connectivity index (χ3v) is 1.72. The van der Waals surface area contributed by atoms with Gasteiger partial charge >= 0.3 is 0 Å². The zero-order valence-electron chi connectivity index (χ0n) is 7.93. The molecule has 1 aromatic carbocycles. The van der Waals surface area contributed by atoms with Crippen LogP contribution in [0.4, 0.5) is 4.39 Å². The van der Waals surface area contributed by atoms with Gasteiger partial charge in [-0.2, -0.15) is 0 Å². The van der Waals surface area contributed by atoms with E-state index in [9.17, 15) is 14.0 Å². The lowest BCUT2D eigenvalue weighted by molar-refractivity contribution is -0.118. The van der Waals surface area contributed by atoms with Crippen molar-refractivity contribution in [2.45, 2.75) is 13.8 Å². The number of hydrogen-bond acceptors (Lipinski definition) is 2. The molecule has 0 fully saturated rings. The molecule has 0 bridgehead atoms. The highest BCUT2D eigenvalue weighted by molar-refractivity contribution is 6.04. The van der Waals surface area contributed by atoms with Crippen LogP contribution in [0.15, 0.2) is 18.2 Å². The molecule has 0 saturated heterocycles. The minimum absolute atomic E-state index is 0.307. The summed E-state index contributed by atoms with van der Waals surface area (Å²) in [6, 6.07) is 3.78. The average Bonchev–Trinajstić information content (AvgIpc) is 2.01. The number of carbonyl (C=O) groups excluding carboxylic acids is 2. The van der Waals surface area contributed by atoms with Gasteiger partial charge < -0.3 is 0 Å². The summed E-state index contributed by atoms with van der Waals surface area (Å²) in [7, 11) is 0. The average molecular weight is 195 g/mol. The van der Waals surface area contributed by atoms with Crippen molar-refractivity contribution in [2.24, 2.45) is 0 Å². The predicted molar refractivity (Wildman–Crippen MR) is 49.3 cm³/mol.